The zero-order valence-corrected chi connectivity index (χ0v) is 11.0. The first-order valence-corrected chi connectivity index (χ1v) is 6.52. The van der Waals surface area contributed by atoms with Gasteiger partial charge in [-0.3, -0.25) is 0 Å². The lowest BCUT2D eigenvalue weighted by molar-refractivity contribution is 0.441. The highest BCUT2D eigenvalue weighted by Gasteiger charge is 2.32. The van der Waals surface area contributed by atoms with Gasteiger partial charge in [-0.25, -0.2) is 0 Å². The zero-order chi connectivity index (χ0) is 12.3. The molecule has 0 nitrogen and oxygen atoms in total. The van der Waals surface area contributed by atoms with Crippen LogP contribution in [0.2, 0.25) is 0 Å². The maximum atomic E-state index is 3.98. The first-order chi connectivity index (χ1) is 8.12. The third-order valence-electron chi connectivity index (χ3n) is 3.77. The van der Waals surface area contributed by atoms with E-state index in [1.54, 1.807) is 0 Å². The summed E-state index contributed by atoms with van der Waals surface area (Å²) in [5.41, 5.74) is 4.44. The van der Waals surface area contributed by atoms with Crippen LogP contribution in [0.1, 0.15) is 43.7 Å². The molecule has 1 aliphatic rings. The molecular weight excluding hydrogens is 204 g/mol. The summed E-state index contributed by atoms with van der Waals surface area (Å²) in [5.74, 6) is 0. The molecule has 0 saturated heterocycles. The second kappa shape index (κ2) is 4.91. The molecule has 0 fully saturated rings. The zero-order valence-electron chi connectivity index (χ0n) is 11.0. The highest BCUT2D eigenvalue weighted by Crippen LogP contribution is 2.41. The van der Waals surface area contributed by atoms with Crippen LogP contribution >= 0.6 is 0 Å². The summed E-state index contributed by atoms with van der Waals surface area (Å²) in [4.78, 5) is 0. The summed E-state index contributed by atoms with van der Waals surface area (Å²) in [5, 5.41) is 0. The number of rotatable bonds is 5. The first-order valence-electron chi connectivity index (χ1n) is 6.52. The molecule has 17 heavy (non-hydrogen) atoms. The van der Waals surface area contributed by atoms with Crippen molar-refractivity contribution in [1.29, 1.82) is 0 Å². The minimum atomic E-state index is 0.323. The number of allylic oxidation sites excluding steroid dienone is 3. The van der Waals surface area contributed by atoms with Gasteiger partial charge in [0.05, 0.1) is 0 Å². The predicted molar refractivity (Wildman–Crippen MR) is 75.3 cm³/mol. The summed E-state index contributed by atoms with van der Waals surface area (Å²) in [6.45, 7) is 8.25. The molecule has 0 N–H and O–H groups in total. The monoisotopic (exact) mass is 226 g/mol. The van der Waals surface area contributed by atoms with Gasteiger partial charge in [0, 0.05) is 5.41 Å². The molecule has 90 valence electrons. The van der Waals surface area contributed by atoms with Gasteiger partial charge in [-0.15, -0.1) is 6.58 Å². The van der Waals surface area contributed by atoms with Crippen LogP contribution in [0.25, 0.3) is 0 Å². The standard InChI is InChI=1S/C17H22/c1-14(2)6-4-11-17(12-5-13-17)16-9-7-15(3)8-10-16/h5,7-10,12H,1,4,6,11,13H2,2-3H3. The van der Waals surface area contributed by atoms with Gasteiger partial charge in [-0.05, 0) is 45.1 Å². The Kier molecular flexibility index (Phi) is 3.51. The van der Waals surface area contributed by atoms with Gasteiger partial charge in [0.25, 0.3) is 0 Å². The van der Waals surface area contributed by atoms with Crippen molar-refractivity contribution in [1.82, 2.24) is 0 Å². The summed E-state index contributed by atoms with van der Waals surface area (Å²) in [6.07, 6.45) is 9.53. The fourth-order valence-corrected chi connectivity index (χ4v) is 2.54. The molecule has 0 saturated carbocycles. The Morgan fingerprint density at radius 1 is 1.29 bits per heavy atom. The Morgan fingerprint density at radius 2 is 1.94 bits per heavy atom. The molecule has 1 unspecified atom stereocenters. The number of benzene rings is 1. The van der Waals surface area contributed by atoms with E-state index in [4.69, 9.17) is 0 Å². The van der Waals surface area contributed by atoms with Gasteiger partial charge < -0.3 is 0 Å². The van der Waals surface area contributed by atoms with Crippen LogP contribution in [0.5, 0.6) is 0 Å². The van der Waals surface area contributed by atoms with Crippen LogP contribution in [0.4, 0.5) is 0 Å². The summed E-state index contributed by atoms with van der Waals surface area (Å²) in [7, 11) is 0. The minimum Gasteiger partial charge on any atom is -0.100 e. The molecule has 2 rings (SSSR count). The van der Waals surface area contributed by atoms with Crippen LogP contribution in [-0.2, 0) is 5.41 Å². The van der Waals surface area contributed by atoms with Gasteiger partial charge in [0.15, 0.2) is 0 Å². The average molecular weight is 226 g/mol. The van der Waals surface area contributed by atoms with Crippen molar-refractivity contribution in [3.05, 3.63) is 59.7 Å². The van der Waals surface area contributed by atoms with E-state index in [1.807, 2.05) is 0 Å². The van der Waals surface area contributed by atoms with E-state index in [-0.39, 0.29) is 0 Å². The molecule has 0 aromatic heterocycles. The molecule has 0 heterocycles. The molecule has 1 aromatic rings. The number of hydrogen-bond donors (Lipinski definition) is 0. The number of hydrogen-bond acceptors (Lipinski definition) is 0. The molecule has 1 atom stereocenters. The lowest BCUT2D eigenvalue weighted by Crippen LogP contribution is -2.28. The fourth-order valence-electron chi connectivity index (χ4n) is 2.54. The average Bonchev–Trinajstić information content (AvgIpc) is 2.23. The van der Waals surface area contributed by atoms with Crippen molar-refractivity contribution in [3.63, 3.8) is 0 Å². The highest BCUT2D eigenvalue weighted by molar-refractivity contribution is 5.38. The SMILES string of the molecule is C=C(C)CCCC1(c2ccc(C)cc2)C=CC1. The van der Waals surface area contributed by atoms with Crippen molar-refractivity contribution in [2.75, 3.05) is 0 Å². The maximum Gasteiger partial charge on any atom is 0.0166 e. The van der Waals surface area contributed by atoms with Crippen molar-refractivity contribution >= 4 is 0 Å². The molecule has 0 radical (unpaired) electrons. The van der Waals surface area contributed by atoms with Crippen molar-refractivity contribution in [2.24, 2.45) is 0 Å². The molecule has 0 heteroatoms. The molecule has 1 aromatic carbocycles. The van der Waals surface area contributed by atoms with E-state index in [9.17, 15) is 0 Å². The predicted octanol–water partition coefficient (Wildman–Crippen LogP) is 4.94. The van der Waals surface area contributed by atoms with Crippen LogP contribution in [0.15, 0.2) is 48.6 Å². The Bertz CT molecular complexity index is 422. The molecule has 0 aliphatic heterocycles. The van der Waals surface area contributed by atoms with Crippen molar-refractivity contribution in [3.8, 4) is 0 Å². The van der Waals surface area contributed by atoms with E-state index < -0.39 is 0 Å². The Morgan fingerprint density at radius 3 is 2.41 bits per heavy atom. The third kappa shape index (κ3) is 2.69. The Hall–Kier alpha value is -1.30. The topological polar surface area (TPSA) is 0 Å². The maximum absolute atomic E-state index is 3.98. The van der Waals surface area contributed by atoms with Crippen LogP contribution in [-0.4, -0.2) is 0 Å². The third-order valence-corrected chi connectivity index (χ3v) is 3.77. The van der Waals surface area contributed by atoms with Crippen molar-refractivity contribution in [2.45, 2.75) is 44.9 Å². The van der Waals surface area contributed by atoms with Gasteiger partial charge in [0.2, 0.25) is 0 Å². The quantitative estimate of drug-likeness (QED) is 0.624. The van der Waals surface area contributed by atoms with E-state index >= 15 is 0 Å². The summed E-state index contributed by atoms with van der Waals surface area (Å²) >= 11 is 0. The van der Waals surface area contributed by atoms with Gasteiger partial charge >= 0.3 is 0 Å². The summed E-state index contributed by atoms with van der Waals surface area (Å²) in [6, 6.07) is 9.03. The lowest BCUT2D eigenvalue weighted by atomic mass is 9.67. The van der Waals surface area contributed by atoms with Crippen LogP contribution < -0.4 is 0 Å². The first kappa shape index (κ1) is 12.2. The highest BCUT2D eigenvalue weighted by atomic mass is 14.4. The second-order valence-corrected chi connectivity index (χ2v) is 5.44. The molecule has 0 bridgehead atoms. The fraction of sp³-hybridized carbons (Fsp3) is 0.412. The lowest BCUT2D eigenvalue weighted by Gasteiger charge is -2.36. The molecule has 0 spiro atoms. The van der Waals surface area contributed by atoms with Crippen LogP contribution in [0, 0.1) is 6.92 Å². The smallest absolute Gasteiger partial charge is 0.0166 e. The van der Waals surface area contributed by atoms with E-state index in [2.05, 4.69) is 56.8 Å². The molecule has 1 aliphatic carbocycles. The Labute approximate surface area is 105 Å². The van der Waals surface area contributed by atoms with Gasteiger partial charge in [0.1, 0.15) is 0 Å². The van der Waals surface area contributed by atoms with Crippen molar-refractivity contribution < 1.29 is 0 Å². The molecule has 0 amide bonds. The number of aryl methyl sites for hydroxylation is 1. The van der Waals surface area contributed by atoms with Crippen LogP contribution in [0.3, 0.4) is 0 Å². The second-order valence-electron chi connectivity index (χ2n) is 5.44. The largest absolute Gasteiger partial charge is 0.100 e. The van der Waals surface area contributed by atoms with Gasteiger partial charge in [-0.1, -0.05) is 47.6 Å². The Balaban J connectivity index is 2.07. The van der Waals surface area contributed by atoms with E-state index in [0.29, 0.717) is 5.41 Å². The van der Waals surface area contributed by atoms with E-state index in [0.717, 1.165) is 6.42 Å². The summed E-state index contributed by atoms with van der Waals surface area (Å²) < 4.78 is 0. The minimum absolute atomic E-state index is 0.323. The van der Waals surface area contributed by atoms with Gasteiger partial charge in [-0.2, -0.15) is 0 Å². The normalized spacial score (nSPS) is 22.2. The van der Waals surface area contributed by atoms with E-state index in [1.165, 1.54) is 36.0 Å². The molecular formula is C17H22.